The molecule has 0 saturated heterocycles. The molecular weight excluding hydrogens is 334 g/mol. The molecule has 5 nitrogen and oxygen atoms in total. The number of hydrogen-bond acceptors (Lipinski definition) is 5. The molecule has 3 N–H and O–H groups in total. The van der Waals surface area contributed by atoms with Gasteiger partial charge in [0, 0.05) is 18.3 Å². The number of thiazole rings is 1. The van der Waals surface area contributed by atoms with Crippen molar-refractivity contribution in [2.45, 2.75) is 26.3 Å². The van der Waals surface area contributed by atoms with E-state index >= 15 is 0 Å². The van der Waals surface area contributed by atoms with Crippen molar-refractivity contribution in [3.8, 4) is 5.75 Å². The highest BCUT2D eigenvalue weighted by molar-refractivity contribution is 7.09. The molecule has 0 saturated carbocycles. The van der Waals surface area contributed by atoms with Crippen LogP contribution in [0.1, 0.15) is 34.4 Å². The zero-order chi connectivity index (χ0) is 15.8. The fraction of sp³-hybridized carbons (Fsp3) is 0.375. The van der Waals surface area contributed by atoms with Gasteiger partial charge in [-0.2, -0.15) is 0 Å². The first kappa shape index (κ1) is 19.4. The van der Waals surface area contributed by atoms with E-state index in [1.54, 1.807) is 5.38 Å². The third kappa shape index (κ3) is 6.17. The number of nitrogens with one attached hydrogen (secondary N) is 1. The molecule has 0 radical (unpaired) electrons. The van der Waals surface area contributed by atoms with Gasteiger partial charge in [0.25, 0.3) is 5.91 Å². The summed E-state index contributed by atoms with van der Waals surface area (Å²) in [6.07, 6.45) is 1.69. The van der Waals surface area contributed by atoms with Crippen LogP contribution in [0.2, 0.25) is 0 Å². The molecule has 1 amide bonds. The summed E-state index contributed by atoms with van der Waals surface area (Å²) in [5.74, 6) is 0.689. The molecule has 2 aromatic rings. The zero-order valence-electron chi connectivity index (χ0n) is 13.1. The van der Waals surface area contributed by atoms with E-state index in [1.807, 2.05) is 24.3 Å². The van der Waals surface area contributed by atoms with E-state index in [4.69, 9.17) is 10.5 Å². The van der Waals surface area contributed by atoms with E-state index in [1.165, 1.54) is 11.3 Å². The van der Waals surface area contributed by atoms with Crippen LogP contribution in [0.15, 0.2) is 29.6 Å². The molecule has 0 aliphatic carbocycles. The molecule has 0 bridgehead atoms. The van der Waals surface area contributed by atoms with Crippen LogP contribution in [0, 0.1) is 0 Å². The number of nitrogens with two attached hydrogens (primary N) is 1. The van der Waals surface area contributed by atoms with Gasteiger partial charge in [0.15, 0.2) is 0 Å². The molecule has 23 heavy (non-hydrogen) atoms. The second kappa shape index (κ2) is 10.2. The van der Waals surface area contributed by atoms with Gasteiger partial charge in [-0.05, 0) is 30.7 Å². The number of carbonyl (C=O) groups excluding carboxylic acids is 1. The van der Waals surface area contributed by atoms with Gasteiger partial charge in [0.1, 0.15) is 11.4 Å². The van der Waals surface area contributed by atoms with E-state index in [-0.39, 0.29) is 18.3 Å². The molecule has 1 aromatic heterocycles. The van der Waals surface area contributed by atoms with Crippen molar-refractivity contribution in [1.29, 1.82) is 0 Å². The molecule has 0 aliphatic rings. The second-order valence-corrected chi connectivity index (χ2v) is 5.78. The number of hydrogen-bond donors (Lipinski definition) is 2. The minimum absolute atomic E-state index is 0. The Labute approximate surface area is 146 Å². The average molecular weight is 356 g/mol. The molecule has 1 heterocycles. The normalized spacial score (nSPS) is 10.0. The molecule has 1 aromatic carbocycles. The van der Waals surface area contributed by atoms with Crippen LogP contribution >= 0.6 is 23.7 Å². The first-order chi connectivity index (χ1) is 10.7. The van der Waals surface area contributed by atoms with Crippen molar-refractivity contribution in [2.24, 2.45) is 5.73 Å². The average Bonchev–Trinajstić information content (AvgIpc) is 3.01. The summed E-state index contributed by atoms with van der Waals surface area (Å²) >= 11 is 1.47. The van der Waals surface area contributed by atoms with Crippen molar-refractivity contribution < 1.29 is 9.53 Å². The van der Waals surface area contributed by atoms with Crippen LogP contribution in [0.3, 0.4) is 0 Å². The SMILES string of the molecule is CCCOc1ccc(CNC(=O)c2csc(CCN)n2)cc1.Cl. The Morgan fingerprint density at radius 1 is 1.35 bits per heavy atom. The monoisotopic (exact) mass is 355 g/mol. The summed E-state index contributed by atoms with van der Waals surface area (Å²) in [4.78, 5) is 16.3. The third-order valence-electron chi connectivity index (χ3n) is 2.99. The predicted octanol–water partition coefficient (Wildman–Crippen LogP) is 2.78. The quantitative estimate of drug-likeness (QED) is 0.763. The highest BCUT2D eigenvalue weighted by Crippen LogP contribution is 2.13. The Hall–Kier alpha value is -1.63. The minimum Gasteiger partial charge on any atom is -0.494 e. The number of halogens is 1. The van der Waals surface area contributed by atoms with Crippen LogP contribution < -0.4 is 15.8 Å². The predicted molar refractivity (Wildman–Crippen MR) is 95.5 cm³/mol. The lowest BCUT2D eigenvalue weighted by molar-refractivity contribution is 0.0946. The smallest absolute Gasteiger partial charge is 0.271 e. The van der Waals surface area contributed by atoms with E-state index in [2.05, 4.69) is 17.2 Å². The first-order valence-electron chi connectivity index (χ1n) is 7.37. The molecule has 0 atom stereocenters. The summed E-state index contributed by atoms with van der Waals surface area (Å²) < 4.78 is 5.52. The molecule has 7 heteroatoms. The first-order valence-corrected chi connectivity index (χ1v) is 8.25. The van der Waals surface area contributed by atoms with Gasteiger partial charge in [-0.3, -0.25) is 4.79 Å². The molecule has 0 spiro atoms. The standard InChI is InChI=1S/C16H21N3O2S.ClH/c1-2-9-21-13-5-3-12(4-6-13)10-18-16(20)14-11-22-15(19-14)7-8-17;/h3-6,11H,2,7-10,17H2,1H3,(H,18,20);1H. The Kier molecular flexibility index (Phi) is 8.61. The van der Waals surface area contributed by atoms with Crippen LogP contribution in [-0.2, 0) is 13.0 Å². The molecule has 0 fully saturated rings. The van der Waals surface area contributed by atoms with Gasteiger partial charge in [0.2, 0.25) is 0 Å². The topological polar surface area (TPSA) is 77.2 Å². The number of aromatic nitrogens is 1. The van der Waals surface area contributed by atoms with E-state index < -0.39 is 0 Å². The number of nitrogens with zero attached hydrogens (tertiary/aromatic N) is 1. The van der Waals surface area contributed by atoms with E-state index in [0.29, 0.717) is 31.8 Å². The van der Waals surface area contributed by atoms with Gasteiger partial charge in [-0.1, -0.05) is 19.1 Å². The second-order valence-electron chi connectivity index (χ2n) is 4.84. The summed E-state index contributed by atoms with van der Waals surface area (Å²) in [7, 11) is 0. The summed E-state index contributed by atoms with van der Waals surface area (Å²) in [5.41, 5.74) is 6.96. The van der Waals surface area contributed by atoms with Crippen LogP contribution in [-0.4, -0.2) is 24.0 Å². The lowest BCUT2D eigenvalue weighted by atomic mass is 10.2. The number of rotatable bonds is 8. The largest absolute Gasteiger partial charge is 0.494 e. The Balaban J connectivity index is 0.00000264. The highest BCUT2D eigenvalue weighted by Gasteiger charge is 2.10. The molecule has 2 rings (SSSR count). The minimum atomic E-state index is -0.161. The molecule has 126 valence electrons. The molecular formula is C16H22ClN3O2S. The van der Waals surface area contributed by atoms with E-state index in [0.717, 1.165) is 22.7 Å². The lowest BCUT2D eigenvalue weighted by Crippen LogP contribution is -2.23. The summed E-state index contributed by atoms with van der Waals surface area (Å²) in [6, 6.07) is 7.73. The fourth-order valence-corrected chi connectivity index (χ4v) is 2.64. The summed E-state index contributed by atoms with van der Waals surface area (Å²) in [5, 5.41) is 5.53. The Morgan fingerprint density at radius 3 is 2.74 bits per heavy atom. The molecule has 0 aliphatic heterocycles. The lowest BCUT2D eigenvalue weighted by Gasteiger charge is -2.06. The van der Waals surface area contributed by atoms with Crippen molar-refractivity contribution >= 4 is 29.7 Å². The Morgan fingerprint density at radius 2 is 2.09 bits per heavy atom. The third-order valence-corrected chi connectivity index (χ3v) is 3.90. The van der Waals surface area contributed by atoms with Crippen molar-refractivity contribution in [3.05, 3.63) is 45.9 Å². The Bertz CT molecular complexity index is 602. The summed E-state index contributed by atoms with van der Waals surface area (Å²) in [6.45, 7) is 3.80. The fourth-order valence-electron chi connectivity index (χ4n) is 1.85. The van der Waals surface area contributed by atoms with Crippen LogP contribution in [0.4, 0.5) is 0 Å². The maximum atomic E-state index is 12.0. The zero-order valence-corrected chi connectivity index (χ0v) is 14.7. The van der Waals surface area contributed by atoms with Crippen LogP contribution in [0.5, 0.6) is 5.75 Å². The maximum Gasteiger partial charge on any atom is 0.271 e. The van der Waals surface area contributed by atoms with Crippen molar-refractivity contribution in [1.82, 2.24) is 10.3 Å². The van der Waals surface area contributed by atoms with Gasteiger partial charge < -0.3 is 15.8 Å². The van der Waals surface area contributed by atoms with Crippen LogP contribution in [0.25, 0.3) is 0 Å². The van der Waals surface area contributed by atoms with E-state index in [9.17, 15) is 4.79 Å². The van der Waals surface area contributed by atoms with Gasteiger partial charge in [-0.15, -0.1) is 23.7 Å². The van der Waals surface area contributed by atoms with Gasteiger partial charge in [0.05, 0.1) is 11.6 Å². The number of ether oxygens (including phenoxy) is 1. The van der Waals surface area contributed by atoms with Crippen molar-refractivity contribution in [3.63, 3.8) is 0 Å². The highest BCUT2D eigenvalue weighted by atomic mass is 35.5. The number of carbonyl (C=O) groups is 1. The van der Waals surface area contributed by atoms with Gasteiger partial charge in [-0.25, -0.2) is 4.98 Å². The number of benzene rings is 1. The van der Waals surface area contributed by atoms with Gasteiger partial charge >= 0.3 is 0 Å². The molecule has 0 unspecified atom stereocenters. The maximum absolute atomic E-state index is 12.0. The van der Waals surface area contributed by atoms with Crippen molar-refractivity contribution in [2.75, 3.05) is 13.2 Å². The number of amides is 1.